The van der Waals surface area contributed by atoms with E-state index in [1.807, 2.05) is 11.8 Å². The molecule has 19 heavy (non-hydrogen) atoms. The number of carbonyl (C=O) groups is 2. The van der Waals surface area contributed by atoms with E-state index in [9.17, 15) is 9.59 Å². The molecule has 0 bridgehead atoms. The number of H-pyrrole nitrogens is 1. The molecule has 4 nitrogen and oxygen atoms in total. The minimum Gasteiger partial charge on any atom is -0.356 e. The van der Waals surface area contributed by atoms with Crippen LogP contribution in [-0.4, -0.2) is 34.2 Å². The molecule has 104 valence electrons. The van der Waals surface area contributed by atoms with Crippen LogP contribution in [0.15, 0.2) is 12.3 Å². The predicted molar refractivity (Wildman–Crippen MR) is 77.8 cm³/mol. The third kappa shape index (κ3) is 3.62. The summed E-state index contributed by atoms with van der Waals surface area (Å²) in [5.41, 5.74) is 1.02. The fourth-order valence-corrected chi connectivity index (χ4v) is 3.31. The number of ketones is 1. The van der Waals surface area contributed by atoms with Gasteiger partial charge < -0.3 is 10.3 Å². The topological polar surface area (TPSA) is 62.0 Å². The van der Waals surface area contributed by atoms with Crippen molar-refractivity contribution >= 4 is 23.5 Å². The minimum absolute atomic E-state index is 0.0320. The summed E-state index contributed by atoms with van der Waals surface area (Å²) in [6.45, 7) is 1.50. The number of Topliss-reactive ketones (excluding diaryl/α,β-unsaturated/α-hetero) is 1. The van der Waals surface area contributed by atoms with Gasteiger partial charge in [0.1, 0.15) is 5.69 Å². The Kier molecular flexibility index (Phi) is 4.69. The Balaban J connectivity index is 1.94. The van der Waals surface area contributed by atoms with Gasteiger partial charge >= 0.3 is 0 Å². The highest BCUT2D eigenvalue weighted by molar-refractivity contribution is 7.99. The van der Waals surface area contributed by atoms with Crippen molar-refractivity contribution in [2.24, 2.45) is 0 Å². The van der Waals surface area contributed by atoms with E-state index in [0.29, 0.717) is 16.5 Å². The molecule has 0 unspecified atom stereocenters. The molecule has 2 rings (SSSR count). The molecule has 1 aliphatic carbocycles. The lowest BCUT2D eigenvalue weighted by Crippen LogP contribution is -2.39. The lowest BCUT2D eigenvalue weighted by Gasteiger charge is -2.28. The molecule has 1 aromatic rings. The van der Waals surface area contributed by atoms with Gasteiger partial charge in [0.05, 0.1) is 0 Å². The fraction of sp³-hybridized carbons (Fsp3) is 0.571. The molecule has 0 radical (unpaired) electrons. The molecule has 0 aromatic carbocycles. The van der Waals surface area contributed by atoms with Crippen LogP contribution in [0.3, 0.4) is 0 Å². The highest BCUT2D eigenvalue weighted by atomic mass is 32.2. The summed E-state index contributed by atoms with van der Waals surface area (Å²) in [6, 6.07) is 1.87. The zero-order valence-electron chi connectivity index (χ0n) is 11.4. The highest BCUT2D eigenvalue weighted by Crippen LogP contribution is 2.27. The lowest BCUT2D eigenvalue weighted by molar-refractivity contribution is 0.0924. The van der Waals surface area contributed by atoms with Gasteiger partial charge in [-0.15, -0.1) is 0 Å². The van der Waals surface area contributed by atoms with Crippen LogP contribution < -0.4 is 5.32 Å². The van der Waals surface area contributed by atoms with Crippen molar-refractivity contribution < 1.29 is 9.59 Å². The Hall–Kier alpha value is -1.23. The van der Waals surface area contributed by atoms with Crippen molar-refractivity contribution in [3.8, 4) is 0 Å². The van der Waals surface area contributed by atoms with Gasteiger partial charge in [-0.25, -0.2) is 0 Å². The second kappa shape index (κ2) is 6.28. The van der Waals surface area contributed by atoms with Crippen LogP contribution in [0.2, 0.25) is 0 Å². The first-order valence-electron chi connectivity index (χ1n) is 6.63. The maximum atomic E-state index is 12.1. The first kappa shape index (κ1) is 14.2. The maximum absolute atomic E-state index is 12.1. The van der Waals surface area contributed by atoms with Crippen LogP contribution in [0, 0.1) is 0 Å². The van der Waals surface area contributed by atoms with E-state index < -0.39 is 0 Å². The molecular formula is C14H20N2O2S. The second-order valence-corrected chi connectivity index (χ2v) is 6.19. The van der Waals surface area contributed by atoms with Crippen LogP contribution in [0.1, 0.15) is 53.5 Å². The van der Waals surface area contributed by atoms with Crippen LogP contribution in [0.5, 0.6) is 0 Å². The van der Waals surface area contributed by atoms with Crippen LogP contribution >= 0.6 is 11.8 Å². The molecule has 1 heterocycles. The standard InChI is InChI=1S/C14H20N2O2S/c1-9(17)10-6-13(15-8-10)14(18)16-11-4-3-5-12(7-11)19-2/h6,8,11-12,15H,3-5,7H2,1-2H3,(H,16,18)/t11-,12-/m1/s1. The van der Waals surface area contributed by atoms with Crippen LogP contribution in [0.25, 0.3) is 0 Å². The number of amides is 1. The summed E-state index contributed by atoms with van der Waals surface area (Å²) in [7, 11) is 0. The molecule has 1 amide bonds. The van der Waals surface area contributed by atoms with Gasteiger partial charge in [0.2, 0.25) is 0 Å². The van der Waals surface area contributed by atoms with Gasteiger partial charge in [0, 0.05) is 23.1 Å². The molecule has 1 aliphatic rings. The third-order valence-electron chi connectivity index (χ3n) is 3.63. The fourth-order valence-electron chi connectivity index (χ4n) is 2.48. The Morgan fingerprint density at radius 2 is 2.21 bits per heavy atom. The van der Waals surface area contributed by atoms with Crippen molar-refractivity contribution in [1.29, 1.82) is 0 Å². The lowest BCUT2D eigenvalue weighted by atomic mass is 9.95. The van der Waals surface area contributed by atoms with Gasteiger partial charge in [-0.3, -0.25) is 9.59 Å². The average molecular weight is 280 g/mol. The Labute approximate surface area is 117 Å². The third-order valence-corrected chi connectivity index (χ3v) is 4.72. The summed E-state index contributed by atoms with van der Waals surface area (Å²) in [6.07, 6.45) is 8.20. The predicted octanol–water partition coefficient (Wildman–Crippen LogP) is 2.62. The van der Waals surface area contributed by atoms with Crippen LogP contribution in [0.4, 0.5) is 0 Å². The van der Waals surface area contributed by atoms with Crippen molar-refractivity contribution in [3.63, 3.8) is 0 Å². The number of aromatic amines is 1. The van der Waals surface area contributed by atoms with E-state index in [1.54, 1.807) is 12.3 Å². The number of thioether (sulfide) groups is 1. The smallest absolute Gasteiger partial charge is 0.267 e. The van der Waals surface area contributed by atoms with E-state index in [-0.39, 0.29) is 17.7 Å². The molecule has 0 aliphatic heterocycles. The first-order valence-corrected chi connectivity index (χ1v) is 7.92. The van der Waals surface area contributed by atoms with E-state index in [4.69, 9.17) is 0 Å². The maximum Gasteiger partial charge on any atom is 0.267 e. The molecule has 1 aromatic heterocycles. The summed E-state index contributed by atoms with van der Waals surface area (Å²) in [5, 5.41) is 3.71. The van der Waals surface area contributed by atoms with E-state index in [2.05, 4.69) is 16.6 Å². The molecule has 2 atom stereocenters. The Morgan fingerprint density at radius 1 is 1.42 bits per heavy atom. The van der Waals surface area contributed by atoms with E-state index >= 15 is 0 Å². The van der Waals surface area contributed by atoms with Crippen molar-refractivity contribution in [1.82, 2.24) is 10.3 Å². The van der Waals surface area contributed by atoms with Gasteiger partial charge in [-0.1, -0.05) is 6.42 Å². The van der Waals surface area contributed by atoms with Gasteiger partial charge in [0.15, 0.2) is 5.78 Å². The van der Waals surface area contributed by atoms with Gasteiger partial charge in [-0.05, 0) is 38.5 Å². The number of rotatable bonds is 4. The summed E-state index contributed by atoms with van der Waals surface area (Å²) in [4.78, 5) is 26.1. The number of aromatic nitrogens is 1. The largest absolute Gasteiger partial charge is 0.356 e. The average Bonchev–Trinajstić information content (AvgIpc) is 2.89. The van der Waals surface area contributed by atoms with Crippen LogP contribution in [-0.2, 0) is 0 Å². The van der Waals surface area contributed by atoms with Crippen molar-refractivity contribution in [2.75, 3.05) is 6.26 Å². The summed E-state index contributed by atoms with van der Waals surface area (Å²) >= 11 is 1.88. The van der Waals surface area contributed by atoms with Gasteiger partial charge in [-0.2, -0.15) is 11.8 Å². The monoisotopic (exact) mass is 280 g/mol. The number of hydrogen-bond acceptors (Lipinski definition) is 3. The number of hydrogen-bond donors (Lipinski definition) is 2. The van der Waals surface area contributed by atoms with Crippen molar-refractivity contribution in [3.05, 3.63) is 23.5 Å². The number of carbonyl (C=O) groups excluding carboxylic acids is 2. The molecule has 0 spiro atoms. The second-order valence-electron chi connectivity index (χ2n) is 5.05. The normalized spacial score (nSPS) is 23.1. The molecule has 1 saturated carbocycles. The van der Waals surface area contributed by atoms with Gasteiger partial charge in [0.25, 0.3) is 5.91 Å². The van der Waals surface area contributed by atoms with E-state index in [1.165, 1.54) is 19.8 Å². The van der Waals surface area contributed by atoms with E-state index in [0.717, 1.165) is 12.8 Å². The van der Waals surface area contributed by atoms with Crippen molar-refractivity contribution in [2.45, 2.75) is 43.9 Å². The summed E-state index contributed by atoms with van der Waals surface area (Å²) in [5.74, 6) is -0.144. The first-order chi connectivity index (χ1) is 9.10. The quantitative estimate of drug-likeness (QED) is 0.833. The highest BCUT2D eigenvalue weighted by Gasteiger charge is 2.23. The minimum atomic E-state index is -0.112. The number of nitrogens with one attached hydrogen (secondary N) is 2. The molecule has 2 N–H and O–H groups in total. The zero-order chi connectivity index (χ0) is 13.8. The summed E-state index contributed by atoms with van der Waals surface area (Å²) < 4.78 is 0. The molecular weight excluding hydrogens is 260 g/mol. The Bertz CT molecular complexity index is 470. The molecule has 1 fully saturated rings. The zero-order valence-corrected chi connectivity index (χ0v) is 12.2. The molecule has 5 heteroatoms. The SMILES string of the molecule is CS[C@@H]1CCC[C@@H](NC(=O)c2cc(C(C)=O)c[nH]2)C1. The Morgan fingerprint density at radius 3 is 2.84 bits per heavy atom. The molecule has 0 saturated heterocycles.